The minimum Gasteiger partial charge on any atom is -0.324 e. The van der Waals surface area contributed by atoms with Crippen molar-refractivity contribution in [2.75, 3.05) is 0 Å². The lowest BCUT2D eigenvalue weighted by molar-refractivity contribution is -0.123. The highest BCUT2D eigenvalue weighted by molar-refractivity contribution is 5.80. The Morgan fingerprint density at radius 3 is 2.18 bits per heavy atom. The zero-order valence-corrected chi connectivity index (χ0v) is 11.1. The van der Waals surface area contributed by atoms with Crippen LogP contribution >= 0.6 is 0 Å². The summed E-state index contributed by atoms with van der Waals surface area (Å²) >= 11 is 0. The minimum absolute atomic E-state index is 0.0834. The topological polar surface area (TPSA) is 43.1 Å². The summed E-state index contributed by atoms with van der Waals surface area (Å²) < 4.78 is 0. The van der Waals surface area contributed by atoms with E-state index in [1.165, 1.54) is 5.56 Å². The molecule has 1 aromatic carbocycles. The van der Waals surface area contributed by atoms with Crippen LogP contribution in [0.3, 0.4) is 0 Å². The maximum atomic E-state index is 11.8. The Hall–Kier alpha value is -1.15. The van der Waals surface area contributed by atoms with Gasteiger partial charge in [0.1, 0.15) is 5.78 Å². The highest BCUT2D eigenvalue weighted by atomic mass is 16.1. The lowest BCUT2D eigenvalue weighted by atomic mass is 9.75. The Bertz CT molecular complexity index is 354. The van der Waals surface area contributed by atoms with Crippen LogP contribution in [-0.4, -0.2) is 11.3 Å². The molecule has 1 atom stereocenters. The molecule has 0 amide bonds. The van der Waals surface area contributed by atoms with Crippen LogP contribution in [0.1, 0.15) is 39.2 Å². The molecule has 0 bridgehead atoms. The lowest BCUT2D eigenvalue weighted by Gasteiger charge is -2.34. The van der Waals surface area contributed by atoms with Crippen molar-refractivity contribution in [3.63, 3.8) is 0 Å². The van der Waals surface area contributed by atoms with Crippen LogP contribution in [0.15, 0.2) is 30.3 Å². The number of benzene rings is 1. The van der Waals surface area contributed by atoms with E-state index in [2.05, 4.69) is 26.0 Å². The molecule has 0 saturated carbocycles. The number of hydrogen-bond donors (Lipinski definition) is 1. The molecule has 1 aromatic rings. The summed E-state index contributed by atoms with van der Waals surface area (Å²) in [5.74, 6) is 0.111. The highest BCUT2D eigenvalue weighted by Gasteiger charge is 2.34. The Kier molecular flexibility index (Phi) is 4.88. The number of ketones is 1. The van der Waals surface area contributed by atoms with E-state index in [0.717, 1.165) is 19.3 Å². The summed E-state index contributed by atoms with van der Waals surface area (Å²) in [6.07, 6.45) is 2.41. The Morgan fingerprint density at radius 1 is 1.24 bits per heavy atom. The molecule has 0 aromatic heterocycles. The van der Waals surface area contributed by atoms with Crippen molar-refractivity contribution in [3.8, 4) is 0 Å². The molecular formula is C15H23NO. The molecule has 0 heterocycles. The van der Waals surface area contributed by atoms with Gasteiger partial charge in [-0.2, -0.15) is 0 Å². The molecule has 0 aliphatic heterocycles. The standard InChI is InChI=1S/C15H23NO/c1-4-15(16,5-2)14(12(3)17)11-13-9-7-6-8-10-13/h6-10,14H,4-5,11,16H2,1-3H3. The molecule has 2 heteroatoms. The second-order valence-electron chi connectivity index (χ2n) is 4.79. The van der Waals surface area contributed by atoms with E-state index in [1.54, 1.807) is 6.92 Å². The molecule has 94 valence electrons. The Morgan fingerprint density at radius 2 is 1.76 bits per heavy atom. The van der Waals surface area contributed by atoms with Crippen molar-refractivity contribution in [2.45, 2.75) is 45.6 Å². The van der Waals surface area contributed by atoms with Gasteiger partial charge in [-0.3, -0.25) is 4.79 Å². The maximum Gasteiger partial charge on any atom is 0.135 e. The number of carbonyl (C=O) groups excluding carboxylic acids is 1. The largest absolute Gasteiger partial charge is 0.324 e. The highest BCUT2D eigenvalue weighted by Crippen LogP contribution is 2.26. The van der Waals surface area contributed by atoms with Gasteiger partial charge in [-0.1, -0.05) is 44.2 Å². The van der Waals surface area contributed by atoms with Gasteiger partial charge in [-0.15, -0.1) is 0 Å². The van der Waals surface area contributed by atoms with Crippen LogP contribution in [0.25, 0.3) is 0 Å². The molecule has 0 saturated heterocycles. The average Bonchev–Trinajstić information content (AvgIpc) is 2.36. The van der Waals surface area contributed by atoms with Crippen molar-refractivity contribution in [1.82, 2.24) is 0 Å². The fourth-order valence-electron chi connectivity index (χ4n) is 2.34. The van der Waals surface area contributed by atoms with Crippen molar-refractivity contribution < 1.29 is 4.79 Å². The second-order valence-corrected chi connectivity index (χ2v) is 4.79. The van der Waals surface area contributed by atoms with E-state index in [1.807, 2.05) is 18.2 Å². The first-order valence-electron chi connectivity index (χ1n) is 6.36. The molecule has 0 spiro atoms. The molecule has 0 fully saturated rings. The van der Waals surface area contributed by atoms with Crippen LogP contribution in [0.4, 0.5) is 0 Å². The minimum atomic E-state index is -0.373. The van der Waals surface area contributed by atoms with E-state index in [0.29, 0.717) is 0 Å². The number of rotatable bonds is 6. The third-order valence-corrected chi connectivity index (χ3v) is 3.78. The van der Waals surface area contributed by atoms with Crippen LogP contribution in [0, 0.1) is 5.92 Å². The maximum absolute atomic E-state index is 11.8. The normalized spacial score (nSPS) is 13.4. The van der Waals surface area contributed by atoms with Crippen molar-refractivity contribution >= 4 is 5.78 Å². The summed E-state index contributed by atoms with van der Waals surface area (Å²) in [4.78, 5) is 11.8. The average molecular weight is 233 g/mol. The second kappa shape index (κ2) is 5.97. The van der Waals surface area contributed by atoms with Gasteiger partial charge in [0, 0.05) is 11.5 Å². The third-order valence-electron chi connectivity index (χ3n) is 3.78. The summed E-state index contributed by atoms with van der Waals surface area (Å²) in [6.45, 7) is 5.77. The molecule has 0 aliphatic rings. The summed E-state index contributed by atoms with van der Waals surface area (Å²) in [5, 5.41) is 0. The van der Waals surface area contributed by atoms with E-state index in [-0.39, 0.29) is 17.2 Å². The number of hydrogen-bond acceptors (Lipinski definition) is 2. The predicted octanol–water partition coefficient (Wildman–Crippen LogP) is 2.95. The monoisotopic (exact) mass is 233 g/mol. The van der Waals surface area contributed by atoms with Crippen LogP contribution in [0.2, 0.25) is 0 Å². The fraction of sp³-hybridized carbons (Fsp3) is 0.533. The molecule has 17 heavy (non-hydrogen) atoms. The number of nitrogens with two attached hydrogens (primary N) is 1. The molecule has 2 N–H and O–H groups in total. The quantitative estimate of drug-likeness (QED) is 0.821. The first-order valence-corrected chi connectivity index (χ1v) is 6.36. The summed E-state index contributed by atoms with van der Waals surface area (Å²) in [5.41, 5.74) is 7.18. The van der Waals surface area contributed by atoms with E-state index in [9.17, 15) is 4.79 Å². The number of carbonyl (C=O) groups is 1. The molecule has 2 nitrogen and oxygen atoms in total. The van der Waals surface area contributed by atoms with E-state index in [4.69, 9.17) is 5.73 Å². The number of Topliss-reactive ketones (excluding diaryl/α,β-unsaturated/α-hetero) is 1. The van der Waals surface area contributed by atoms with Crippen molar-refractivity contribution in [1.29, 1.82) is 0 Å². The molecule has 1 unspecified atom stereocenters. The van der Waals surface area contributed by atoms with Gasteiger partial charge in [-0.05, 0) is 31.7 Å². The van der Waals surface area contributed by atoms with E-state index >= 15 is 0 Å². The van der Waals surface area contributed by atoms with Gasteiger partial charge in [0.25, 0.3) is 0 Å². The summed E-state index contributed by atoms with van der Waals surface area (Å²) in [6, 6.07) is 10.1. The van der Waals surface area contributed by atoms with Gasteiger partial charge in [0.2, 0.25) is 0 Å². The van der Waals surface area contributed by atoms with Crippen molar-refractivity contribution in [3.05, 3.63) is 35.9 Å². The third kappa shape index (κ3) is 3.40. The first-order chi connectivity index (χ1) is 8.03. The van der Waals surface area contributed by atoms with Gasteiger partial charge >= 0.3 is 0 Å². The SMILES string of the molecule is CCC(N)(CC)C(Cc1ccccc1)C(C)=O. The lowest BCUT2D eigenvalue weighted by Crippen LogP contribution is -2.49. The predicted molar refractivity (Wildman–Crippen MR) is 71.8 cm³/mol. The smallest absolute Gasteiger partial charge is 0.135 e. The molecular weight excluding hydrogens is 210 g/mol. The van der Waals surface area contributed by atoms with E-state index < -0.39 is 0 Å². The Labute approximate surface area is 104 Å². The molecule has 1 rings (SSSR count). The fourth-order valence-corrected chi connectivity index (χ4v) is 2.34. The summed E-state index contributed by atoms with van der Waals surface area (Å²) in [7, 11) is 0. The van der Waals surface area contributed by atoms with Crippen LogP contribution in [-0.2, 0) is 11.2 Å². The van der Waals surface area contributed by atoms with Gasteiger partial charge in [-0.25, -0.2) is 0 Å². The van der Waals surface area contributed by atoms with Gasteiger partial charge < -0.3 is 5.73 Å². The van der Waals surface area contributed by atoms with Crippen LogP contribution < -0.4 is 5.73 Å². The zero-order chi connectivity index (χ0) is 12.9. The van der Waals surface area contributed by atoms with Gasteiger partial charge in [0.15, 0.2) is 0 Å². The first kappa shape index (κ1) is 13.9. The molecule has 0 radical (unpaired) electrons. The van der Waals surface area contributed by atoms with Crippen molar-refractivity contribution in [2.24, 2.45) is 11.7 Å². The molecule has 0 aliphatic carbocycles. The zero-order valence-electron chi connectivity index (χ0n) is 11.1. The Balaban J connectivity index is 2.91. The van der Waals surface area contributed by atoms with Gasteiger partial charge in [0.05, 0.1) is 0 Å². The van der Waals surface area contributed by atoms with Crippen LogP contribution in [0.5, 0.6) is 0 Å².